The number of rotatable bonds is 1. The summed E-state index contributed by atoms with van der Waals surface area (Å²) in [6.45, 7) is 1.82. The number of pyridine rings is 1. The Labute approximate surface area is 175 Å². The van der Waals surface area contributed by atoms with Crippen molar-refractivity contribution in [3.8, 4) is 0 Å². The molecule has 5 rings (SSSR count). The molecule has 5 aromatic rings. The third-order valence-electron chi connectivity index (χ3n) is 5.13. The summed E-state index contributed by atoms with van der Waals surface area (Å²) in [7, 11) is -2.18. The van der Waals surface area contributed by atoms with E-state index >= 15 is 0 Å². The van der Waals surface area contributed by atoms with Crippen molar-refractivity contribution in [2.24, 2.45) is 7.05 Å². The summed E-state index contributed by atoms with van der Waals surface area (Å²) in [4.78, 5) is -0.178. The van der Waals surface area contributed by atoms with Gasteiger partial charge in [-0.3, -0.25) is 0 Å². The van der Waals surface area contributed by atoms with Crippen molar-refractivity contribution in [1.82, 2.24) is 0 Å². The van der Waals surface area contributed by atoms with Crippen LogP contribution < -0.4 is 4.57 Å². The molecule has 5 heteroatoms. The minimum Gasteiger partial charge on any atom is -0.744 e. The number of benzene rings is 4. The molecule has 150 valence electrons. The molecule has 30 heavy (non-hydrogen) atoms. The lowest BCUT2D eigenvalue weighted by Crippen LogP contribution is -2.27. The molecule has 0 bridgehead atoms. The second kappa shape index (κ2) is 7.86. The molecule has 1 aromatic heterocycles. The SMILES string of the molecule is C[n+]1cccc2cc3cc4ccccc4cc3cc21.Cc1ccc(S(=O)(=O)[O-])cc1. The molecule has 0 aliphatic heterocycles. The van der Waals surface area contributed by atoms with E-state index in [1.54, 1.807) is 12.1 Å². The van der Waals surface area contributed by atoms with Gasteiger partial charge >= 0.3 is 0 Å². The molecule has 0 fully saturated rings. The van der Waals surface area contributed by atoms with Crippen LogP contribution in [0.25, 0.3) is 32.4 Å². The number of fused-ring (bicyclic) bond motifs is 3. The molecule has 0 spiro atoms. The zero-order chi connectivity index (χ0) is 21.3. The average Bonchev–Trinajstić information content (AvgIpc) is 2.71. The fourth-order valence-corrected chi connectivity index (χ4v) is 3.97. The highest BCUT2D eigenvalue weighted by atomic mass is 32.2. The Kier molecular flexibility index (Phi) is 5.24. The summed E-state index contributed by atoms with van der Waals surface area (Å²) in [6.07, 6.45) is 2.09. The van der Waals surface area contributed by atoms with Gasteiger partial charge < -0.3 is 4.55 Å². The van der Waals surface area contributed by atoms with Crippen molar-refractivity contribution in [2.45, 2.75) is 11.8 Å². The summed E-state index contributed by atoms with van der Waals surface area (Å²) in [5.41, 5.74) is 2.20. The third-order valence-corrected chi connectivity index (χ3v) is 5.97. The van der Waals surface area contributed by atoms with E-state index in [1.165, 1.54) is 44.6 Å². The number of aromatic nitrogens is 1. The molecule has 0 saturated carbocycles. The number of hydrogen-bond acceptors (Lipinski definition) is 3. The molecule has 4 aromatic carbocycles. The minimum absolute atomic E-state index is 0.178. The first kappa shape index (κ1) is 20.0. The van der Waals surface area contributed by atoms with Crippen LogP contribution in [-0.2, 0) is 17.2 Å². The molecule has 0 N–H and O–H groups in total. The van der Waals surface area contributed by atoms with E-state index < -0.39 is 10.1 Å². The quantitative estimate of drug-likeness (QED) is 0.223. The molecule has 0 amide bonds. The summed E-state index contributed by atoms with van der Waals surface area (Å²) in [6, 6.07) is 27.7. The van der Waals surface area contributed by atoms with E-state index in [4.69, 9.17) is 0 Å². The summed E-state index contributed by atoms with van der Waals surface area (Å²) >= 11 is 0. The zero-order valence-electron chi connectivity index (χ0n) is 16.7. The first-order chi connectivity index (χ1) is 14.3. The Morgan fingerprint density at radius 2 is 1.23 bits per heavy atom. The van der Waals surface area contributed by atoms with Crippen LogP contribution in [0.4, 0.5) is 0 Å². The van der Waals surface area contributed by atoms with Gasteiger partial charge in [-0.05, 0) is 64.9 Å². The monoisotopic (exact) mass is 415 g/mol. The number of aryl methyl sites for hydroxylation is 2. The van der Waals surface area contributed by atoms with Crippen LogP contribution in [-0.4, -0.2) is 13.0 Å². The van der Waals surface area contributed by atoms with Gasteiger partial charge in [-0.1, -0.05) is 42.0 Å². The Morgan fingerprint density at radius 3 is 1.83 bits per heavy atom. The average molecular weight is 416 g/mol. The molecule has 0 atom stereocenters. The molecule has 0 aliphatic carbocycles. The fourth-order valence-electron chi connectivity index (χ4n) is 3.50. The van der Waals surface area contributed by atoms with Crippen LogP contribution in [0.2, 0.25) is 0 Å². The van der Waals surface area contributed by atoms with Crippen LogP contribution >= 0.6 is 0 Å². The van der Waals surface area contributed by atoms with Gasteiger partial charge in [0.25, 0.3) is 0 Å². The van der Waals surface area contributed by atoms with E-state index in [0.717, 1.165) is 5.56 Å². The van der Waals surface area contributed by atoms with Crippen molar-refractivity contribution in [3.05, 3.63) is 96.7 Å². The van der Waals surface area contributed by atoms with E-state index in [2.05, 4.69) is 78.5 Å². The largest absolute Gasteiger partial charge is 0.744 e. The second-order valence-electron chi connectivity index (χ2n) is 7.34. The molecule has 0 aliphatic rings. The third kappa shape index (κ3) is 4.17. The maximum absolute atomic E-state index is 10.4. The van der Waals surface area contributed by atoms with Gasteiger partial charge in [0.2, 0.25) is 5.52 Å². The van der Waals surface area contributed by atoms with Crippen molar-refractivity contribution in [2.75, 3.05) is 0 Å². The molecular weight excluding hydrogens is 394 g/mol. The van der Waals surface area contributed by atoms with E-state index in [-0.39, 0.29) is 4.90 Å². The summed E-state index contributed by atoms with van der Waals surface area (Å²) < 4.78 is 33.3. The lowest BCUT2D eigenvalue weighted by atomic mass is 10.0. The van der Waals surface area contributed by atoms with Crippen molar-refractivity contribution >= 4 is 42.6 Å². The van der Waals surface area contributed by atoms with Gasteiger partial charge in [0.15, 0.2) is 6.20 Å². The molecule has 4 nitrogen and oxygen atoms in total. The lowest BCUT2D eigenvalue weighted by Gasteiger charge is -2.05. The van der Waals surface area contributed by atoms with Gasteiger partial charge in [-0.25, -0.2) is 13.0 Å². The molecule has 0 saturated heterocycles. The predicted molar refractivity (Wildman–Crippen MR) is 119 cm³/mol. The molecule has 1 heterocycles. The van der Waals surface area contributed by atoms with Gasteiger partial charge in [0, 0.05) is 17.5 Å². The Bertz CT molecular complexity index is 1470. The van der Waals surface area contributed by atoms with Gasteiger partial charge in [-0.2, -0.15) is 0 Å². The van der Waals surface area contributed by atoms with Crippen molar-refractivity contribution < 1.29 is 17.5 Å². The summed E-state index contributed by atoms with van der Waals surface area (Å²) in [5.74, 6) is 0. The second-order valence-corrected chi connectivity index (χ2v) is 8.72. The normalized spacial score (nSPS) is 11.4. The van der Waals surface area contributed by atoms with E-state index in [9.17, 15) is 13.0 Å². The molecule has 0 radical (unpaired) electrons. The number of nitrogens with zero attached hydrogens (tertiary/aromatic N) is 1. The topological polar surface area (TPSA) is 61.1 Å². The lowest BCUT2D eigenvalue weighted by molar-refractivity contribution is -0.644. The number of hydrogen-bond donors (Lipinski definition) is 0. The van der Waals surface area contributed by atoms with Gasteiger partial charge in [0.1, 0.15) is 17.2 Å². The Hall–Kier alpha value is -3.28. The van der Waals surface area contributed by atoms with Crippen molar-refractivity contribution in [3.63, 3.8) is 0 Å². The van der Waals surface area contributed by atoms with Gasteiger partial charge in [-0.15, -0.1) is 0 Å². The smallest absolute Gasteiger partial charge is 0.212 e. The van der Waals surface area contributed by atoms with Crippen molar-refractivity contribution in [1.29, 1.82) is 0 Å². The Morgan fingerprint density at radius 1 is 0.700 bits per heavy atom. The fraction of sp³-hybridized carbons (Fsp3) is 0.0800. The zero-order valence-corrected chi connectivity index (χ0v) is 17.6. The highest BCUT2D eigenvalue weighted by molar-refractivity contribution is 7.85. The molecular formula is C25H21NO3S. The first-order valence-electron chi connectivity index (χ1n) is 9.55. The summed E-state index contributed by atoms with van der Waals surface area (Å²) in [5, 5.41) is 6.49. The Balaban J connectivity index is 0.000000170. The van der Waals surface area contributed by atoms with E-state index in [0.29, 0.717) is 0 Å². The van der Waals surface area contributed by atoms with Crippen LogP contribution in [0.3, 0.4) is 0 Å². The van der Waals surface area contributed by atoms with Crippen LogP contribution in [0.1, 0.15) is 5.56 Å². The highest BCUT2D eigenvalue weighted by Gasteiger charge is 2.06. The predicted octanol–water partition coefficient (Wildman–Crippen LogP) is 4.87. The minimum atomic E-state index is -4.27. The van der Waals surface area contributed by atoms with Crippen LogP contribution in [0.5, 0.6) is 0 Å². The maximum Gasteiger partial charge on any atom is 0.212 e. The van der Waals surface area contributed by atoms with Crippen LogP contribution in [0.15, 0.2) is 96.0 Å². The first-order valence-corrected chi connectivity index (χ1v) is 11.0. The highest BCUT2D eigenvalue weighted by Crippen LogP contribution is 2.25. The maximum atomic E-state index is 10.4. The van der Waals surface area contributed by atoms with Crippen LogP contribution in [0, 0.1) is 6.92 Å². The van der Waals surface area contributed by atoms with Gasteiger partial charge in [0.05, 0.1) is 4.90 Å². The standard InChI is InChI=1S/C18H14N.C7H8O3S/c1-19-8-4-7-15-11-16-9-13-5-2-3-6-14(13)10-17(16)12-18(15)19;1-6-2-4-7(5-3-6)11(8,9)10/h2-12H,1H3;2-5H,1H3,(H,8,9,10)/q+1;/p-1. The van der Waals surface area contributed by atoms with E-state index in [1.807, 2.05) is 6.92 Å². The molecule has 0 unspecified atom stereocenters.